The molecule has 0 bridgehead atoms. The number of aliphatic imine (C=N–C) groups is 1. The quantitative estimate of drug-likeness (QED) is 0.566. The molecule has 2 aromatic carbocycles. The molecule has 1 fully saturated rings. The van der Waals surface area contributed by atoms with Gasteiger partial charge in [-0.25, -0.2) is 0 Å². The van der Waals surface area contributed by atoms with Crippen LogP contribution in [0.3, 0.4) is 0 Å². The normalized spacial score (nSPS) is 14.3. The summed E-state index contributed by atoms with van der Waals surface area (Å²) in [6, 6.07) is 15.2. The van der Waals surface area contributed by atoms with Crippen molar-refractivity contribution in [2.75, 3.05) is 33.7 Å². The SMILES string of the molecule is CN=C(NCc1ccc(C(=O)N2CCNC(=O)C2)cc1)N(C)Cc1cccc(Cl)c1. The van der Waals surface area contributed by atoms with Crippen molar-refractivity contribution < 1.29 is 9.59 Å². The van der Waals surface area contributed by atoms with Gasteiger partial charge in [-0.1, -0.05) is 35.9 Å². The van der Waals surface area contributed by atoms with Gasteiger partial charge in [-0.3, -0.25) is 14.6 Å². The molecule has 1 aliphatic rings. The van der Waals surface area contributed by atoms with E-state index in [1.54, 1.807) is 24.1 Å². The van der Waals surface area contributed by atoms with Crippen molar-refractivity contribution in [1.82, 2.24) is 20.4 Å². The summed E-state index contributed by atoms with van der Waals surface area (Å²) in [4.78, 5) is 32.0. The minimum atomic E-state index is -0.124. The van der Waals surface area contributed by atoms with Crippen molar-refractivity contribution in [3.05, 3.63) is 70.2 Å². The van der Waals surface area contributed by atoms with Gasteiger partial charge in [-0.05, 0) is 35.4 Å². The van der Waals surface area contributed by atoms with Crippen molar-refractivity contribution in [1.29, 1.82) is 0 Å². The van der Waals surface area contributed by atoms with Gasteiger partial charge in [0.15, 0.2) is 5.96 Å². The molecule has 30 heavy (non-hydrogen) atoms. The van der Waals surface area contributed by atoms with Crippen LogP contribution in [0.4, 0.5) is 0 Å². The smallest absolute Gasteiger partial charge is 0.254 e. The Bertz CT molecular complexity index is 929. The second-order valence-corrected chi connectivity index (χ2v) is 7.60. The molecule has 2 aromatic rings. The first-order valence-corrected chi connectivity index (χ1v) is 10.1. The maximum atomic E-state index is 12.6. The molecule has 8 heteroatoms. The van der Waals surface area contributed by atoms with Crippen LogP contribution < -0.4 is 10.6 Å². The van der Waals surface area contributed by atoms with Gasteiger partial charge in [0, 0.05) is 50.9 Å². The Morgan fingerprint density at radius 1 is 1.23 bits per heavy atom. The summed E-state index contributed by atoms with van der Waals surface area (Å²) in [5.41, 5.74) is 2.71. The molecule has 1 aliphatic heterocycles. The number of piperazine rings is 1. The average Bonchev–Trinajstić information content (AvgIpc) is 2.74. The molecule has 0 radical (unpaired) electrons. The fraction of sp³-hybridized carbons (Fsp3) is 0.318. The van der Waals surface area contributed by atoms with Gasteiger partial charge >= 0.3 is 0 Å². The van der Waals surface area contributed by atoms with Gasteiger partial charge in [0.05, 0.1) is 6.54 Å². The van der Waals surface area contributed by atoms with Crippen LogP contribution >= 0.6 is 11.6 Å². The summed E-state index contributed by atoms with van der Waals surface area (Å²) in [6.45, 7) is 2.39. The summed E-state index contributed by atoms with van der Waals surface area (Å²) < 4.78 is 0. The van der Waals surface area contributed by atoms with Crippen LogP contribution in [0.15, 0.2) is 53.5 Å². The molecular formula is C22H26ClN5O2. The number of nitrogens with zero attached hydrogens (tertiary/aromatic N) is 3. The molecule has 2 amide bonds. The van der Waals surface area contributed by atoms with Crippen molar-refractivity contribution in [2.45, 2.75) is 13.1 Å². The number of nitrogens with one attached hydrogen (secondary N) is 2. The van der Waals surface area contributed by atoms with Gasteiger partial charge in [0.2, 0.25) is 5.91 Å². The first-order valence-electron chi connectivity index (χ1n) is 9.77. The van der Waals surface area contributed by atoms with Crippen LogP contribution in [0.25, 0.3) is 0 Å². The lowest BCUT2D eigenvalue weighted by atomic mass is 10.1. The molecule has 0 aliphatic carbocycles. The monoisotopic (exact) mass is 427 g/mol. The summed E-state index contributed by atoms with van der Waals surface area (Å²) in [6.07, 6.45) is 0. The van der Waals surface area contributed by atoms with Crippen LogP contribution in [-0.4, -0.2) is 61.3 Å². The van der Waals surface area contributed by atoms with Gasteiger partial charge in [0.25, 0.3) is 5.91 Å². The first-order chi connectivity index (χ1) is 14.5. The van der Waals surface area contributed by atoms with Crippen molar-refractivity contribution in [3.8, 4) is 0 Å². The summed E-state index contributed by atoms with van der Waals surface area (Å²) in [5, 5.41) is 6.77. The fourth-order valence-electron chi connectivity index (χ4n) is 3.31. The predicted octanol–water partition coefficient (Wildman–Crippen LogP) is 2.12. The molecule has 0 spiro atoms. The number of hydrogen-bond acceptors (Lipinski definition) is 3. The van der Waals surface area contributed by atoms with E-state index in [9.17, 15) is 9.59 Å². The lowest BCUT2D eigenvalue weighted by Crippen LogP contribution is -2.49. The minimum absolute atomic E-state index is 0.109. The van der Waals surface area contributed by atoms with E-state index in [-0.39, 0.29) is 18.4 Å². The molecule has 2 N–H and O–H groups in total. The van der Waals surface area contributed by atoms with E-state index >= 15 is 0 Å². The third-order valence-electron chi connectivity index (χ3n) is 4.86. The number of rotatable bonds is 5. The standard InChI is InChI=1S/C22H26ClN5O2/c1-24-22(27(2)14-17-4-3-5-19(23)12-17)26-13-16-6-8-18(9-7-16)21(30)28-11-10-25-20(29)15-28/h3-9,12H,10-11,13-15H2,1-2H3,(H,24,26)(H,25,29). The fourth-order valence-corrected chi connectivity index (χ4v) is 3.52. The maximum Gasteiger partial charge on any atom is 0.254 e. The molecule has 3 rings (SSSR count). The van der Waals surface area contributed by atoms with Gasteiger partial charge in [-0.15, -0.1) is 0 Å². The Labute approximate surface area is 181 Å². The highest BCUT2D eigenvalue weighted by molar-refractivity contribution is 6.30. The summed E-state index contributed by atoms with van der Waals surface area (Å²) in [7, 11) is 3.71. The number of amides is 2. The highest BCUT2D eigenvalue weighted by atomic mass is 35.5. The topological polar surface area (TPSA) is 77.0 Å². The van der Waals surface area contributed by atoms with Crippen molar-refractivity contribution in [3.63, 3.8) is 0 Å². The third-order valence-corrected chi connectivity index (χ3v) is 5.09. The van der Waals surface area contributed by atoms with E-state index in [0.29, 0.717) is 36.8 Å². The van der Waals surface area contributed by atoms with E-state index in [0.717, 1.165) is 17.1 Å². The Morgan fingerprint density at radius 3 is 2.67 bits per heavy atom. The number of guanidine groups is 1. The lowest BCUT2D eigenvalue weighted by molar-refractivity contribution is -0.123. The zero-order valence-electron chi connectivity index (χ0n) is 17.2. The van der Waals surface area contributed by atoms with E-state index in [4.69, 9.17) is 11.6 Å². The van der Waals surface area contributed by atoms with Gasteiger partial charge in [-0.2, -0.15) is 0 Å². The Hall–Kier alpha value is -3.06. The second kappa shape index (κ2) is 10.1. The average molecular weight is 428 g/mol. The highest BCUT2D eigenvalue weighted by Crippen LogP contribution is 2.13. The Morgan fingerprint density at radius 2 is 2.00 bits per heavy atom. The van der Waals surface area contributed by atoms with Crippen LogP contribution in [0.5, 0.6) is 0 Å². The maximum absolute atomic E-state index is 12.6. The minimum Gasteiger partial charge on any atom is -0.353 e. The summed E-state index contributed by atoms with van der Waals surface area (Å²) >= 11 is 6.06. The predicted molar refractivity (Wildman–Crippen MR) is 118 cm³/mol. The summed E-state index contributed by atoms with van der Waals surface area (Å²) in [5.74, 6) is 0.513. The van der Waals surface area contributed by atoms with E-state index in [2.05, 4.69) is 15.6 Å². The molecule has 0 aromatic heterocycles. The number of carbonyl (C=O) groups is 2. The molecule has 0 atom stereocenters. The van der Waals surface area contributed by atoms with E-state index in [1.165, 1.54) is 0 Å². The molecule has 1 heterocycles. The van der Waals surface area contributed by atoms with Crippen LogP contribution in [0, 0.1) is 0 Å². The number of carbonyl (C=O) groups excluding carboxylic acids is 2. The number of benzene rings is 2. The lowest BCUT2D eigenvalue weighted by Gasteiger charge is -2.26. The zero-order chi connectivity index (χ0) is 21.5. The molecule has 158 valence electrons. The Balaban J connectivity index is 1.55. The highest BCUT2D eigenvalue weighted by Gasteiger charge is 2.22. The number of hydrogen-bond donors (Lipinski definition) is 2. The molecule has 0 saturated carbocycles. The van der Waals surface area contributed by atoms with E-state index in [1.807, 2.05) is 48.3 Å². The molecular weight excluding hydrogens is 402 g/mol. The van der Waals surface area contributed by atoms with Crippen LogP contribution in [0.2, 0.25) is 5.02 Å². The Kier molecular flexibility index (Phi) is 7.30. The van der Waals surface area contributed by atoms with Crippen molar-refractivity contribution in [2.24, 2.45) is 4.99 Å². The first kappa shape index (κ1) is 21.6. The van der Waals surface area contributed by atoms with Gasteiger partial charge < -0.3 is 20.4 Å². The number of halogens is 1. The molecule has 1 saturated heterocycles. The van der Waals surface area contributed by atoms with Crippen molar-refractivity contribution >= 4 is 29.4 Å². The largest absolute Gasteiger partial charge is 0.353 e. The molecule has 7 nitrogen and oxygen atoms in total. The third kappa shape index (κ3) is 5.73. The van der Waals surface area contributed by atoms with Crippen LogP contribution in [0.1, 0.15) is 21.5 Å². The second-order valence-electron chi connectivity index (χ2n) is 7.16. The zero-order valence-corrected chi connectivity index (χ0v) is 17.9. The van der Waals surface area contributed by atoms with E-state index < -0.39 is 0 Å². The van der Waals surface area contributed by atoms with Gasteiger partial charge in [0.1, 0.15) is 0 Å². The van der Waals surface area contributed by atoms with Crippen LogP contribution in [-0.2, 0) is 17.9 Å². The molecule has 0 unspecified atom stereocenters.